The molecular weight excluding hydrogens is 338 g/mol. The summed E-state index contributed by atoms with van der Waals surface area (Å²) in [5.41, 5.74) is 2.18. The number of amides is 1. The lowest BCUT2D eigenvalue weighted by Crippen LogP contribution is -2.30. The van der Waals surface area contributed by atoms with E-state index in [1.54, 1.807) is 23.5 Å². The van der Waals surface area contributed by atoms with Gasteiger partial charge in [-0.2, -0.15) is 0 Å². The van der Waals surface area contributed by atoms with E-state index in [-0.39, 0.29) is 18.6 Å². The van der Waals surface area contributed by atoms with E-state index in [9.17, 15) is 9.59 Å². The number of carbonyl (C=O) groups excluding carboxylic acids is 1. The van der Waals surface area contributed by atoms with Crippen LogP contribution in [0.4, 0.5) is 0 Å². The first-order valence-corrected chi connectivity index (χ1v) is 9.15. The Morgan fingerprint density at radius 3 is 2.64 bits per heavy atom. The average molecular weight is 359 g/mol. The van der Waals surface area contributed by atoms with E-state index in [1.807, 2.05) is 30.2 Å². The van der Waals surface area contributed by atoms with Crippen LogP contribution in [0.1, 0.15) is 45.2 Å². The van der Waals surface area contributed by atoms with Crippen molar-refractivity contribution in [2.75, 3.05) is 13.2 Å². The summed E-state index contributed by atoms with van der Waals surface area (Å²) in [4.78, 5) is 26.9. The number of likely N-dealkylation sites (tertiary alicyclic amines) is 1. The number of nitrogens with zero attached hydrogens (tertiary/aromatic N) is 1. The summed E-state index contributed by atoms with van der Waals surface area (Å²) in [7, 11) is 0. The number of ether oxygens (including phenoxy) is 1. The maximum absolute atomic E-state index is 13.0. The summed E-state index contributed by atoms with van der Waals surface area (Å²) in [6, 6.07) is 7.83. The van der Waals surface area contributed by atoms with Crippen molar-refractivity contribution in [1.29, 1.82) is 0 Å². The zero-order chi connectivity index (χ0) is 18.0. The van der Waals surface area contributed by atoms with E-state index in [2.05, 4.69) is 6.07 Å². The highest BCUT2D eigenvalue weighted by Crippen LogP contribution is 2.36. The van der Waals surface area contributed by atoms with E-state index in [0.29, 0.717) is 11.3 Å². The van der Waals surface area contributed by atoms with Gasteiger partial charge in [-0.1, -0.05) is 6.07 Å². The predicted octanol–water partition coefficient (Wildman–Crippen LogP) is 3.81. The number of carbonyl (C=O) groups is 2. The van der Waals surface area contributed by atoms with Crippen LogP contribution in [0.15, 0.2) is 29.6 Å². The molecule has 1 saturated heterocycles. The number of hydrogen-bond donors (Lipinski definition) is 1. The molecule has 6 heteroatoms. The Labute approximate surface area is 150 Å². The average Bonchev–Trinajstić information content (AvgIpc) is 3.23. The van der Waals surface area contributed by atoms with Gasteiger partial charge in [0, 0.05) is 17.0 Å². The van der Waals surface area contributed by atoms with Crippen molar-refractivity contribution in [2.24, 2.45) is 0 Å². The van der Waals surface area contributed by atoms with Gasteiger partial charge in [0.05, 0.1) is 6.04 Å². The number of carboxylic acids is 1. The fraction of sp³-hybridized carbons (Fsp3) is 0.368. The van der Waals surface area contributed by atoms with E-state index < -0.39 is 5.97 Å². The van der Waals surface area contributed by atoms with Gasteiger partial charge in [-0.25, -0.2) is 4.79 Å². The molecule has 0 bridgehead atoms. The third kappa shape index (κ3) is 3.69. The van der Waals surface area contributed by atoms with Gasteiger partial charge >= 0.3 is 5.97 Å². The molecule has 1 fully saturated rings. The normalized spacial score (nSPS) is 16.9. The first-order chi connectivity index (χ1) is 12.0. The summed E-state index contributed by atoms with van der Waals surface area (Å²) < 4.78 is 5.35. The Kier molecular flexibility index (Phi) is 5.08. The highest BCUT2D eigenvalue weighted by atomic mass is 32.1. The van der Waals surface area contributed by atoms with Gasteiger partial charge in [-0.3, -0.25) is 4.79 Å². The molecule has 1 aromatic heterocycles. The monoisotopic (exact) mass is 359 g/mol. The van der Waals surface area contributed by atoms with Crippen molar-refractivity contribution >= 4 is 23.2 Å². The number of rotatable bonds is 5. The molecule has 1 aliphatic rings. The molecule has 5 nitrogen and oxygen atoms in total. The van der Waals surface area contributed by atoms with Gasteiger partial charge in [-0.15, -0.1) is 11.3 Å². The molecule has 132 valence electrons. The highest BCUT2D eigenvalue weighted by molar-refractivity contribution is 7.10. The quantitative estimate of drug-likeness (QED) is 0.882. The molecule has 2 aromatic rings. The zero-order valence-electron chi connectivity index (χ0n) is 14.3. The van der Waals surface area contributed by atoms with Crippen LogP contribution in [0.25, 0.3) is 0 Å². The molecule has 3 rings (SSSR count). The largest absolute Gasteiger partial charge is 0.481 e. The van der Waals surface area contributed by atoms with E-state index in [0.717, 1.165) is 30.5 Å². The molecule has 1 atom stereocenters. The van der Waals surface area contributed by atoms with Crippen molar-refractivity contribution in [1.82, 2.24) is 4.90 Å². The van der Waals surface area contributed by atoms with Crippen LogP contribution in [0.5, 0.6) is 5.75 Å². The molecule has 2 heterocycles. The van der Waals surface area contributed by atoms with Gasteiger partial charge in [0.1, 0.15) is 5.75 Å². The summed E-state index contributed by atoms with van der Waals surface area (Å²) in [6.45, 7) is 4.04. The second kappa shape index (κ2) is 7.27. The Hall–Kier alpha value is -2.34. The number of benzene rings is 1. The molecule has 1 aliphatic heterocycles. The standard InChI is InChI=1S/C19H21NO4S/c1-12-9-14(10-13(2)18(12)24-11-17(21)22)19(23)20-7-3-5-15(20)16-6-4-8-25-16/h4,6,8-10,15H,3,5,7,11H2,1-2H3,(H,21,22). The lowest BCUT2D eigenvalue weighted by molar-refractivity contribution is -0.139. The van der Waals surface area contributed by atoms with Crippen LogP contribution >= 0.6 is 11.3 Å². The maximum atomic E-state index is 13.0. The zero-order valence-corrected chi connectivity index (χ0v) is 15.1. The number of aryl methyl sites for hydroxylation is 2. The number of carboxylic acid groups (broad SMARTS) is 1. The van der Waals surface area contributed by atoms with Gasteiger partial charge in [0.15, 0.2) is 6.61 Å². The molecule has 25 heavy (non-hydrogen) atoms. The van der Waals surface area contributed by atoms with Gasteiger partial charge in [-0.05, 0) is 61.4 Å². The SMILES string of the molecule is Cc1cc(C(=O)N2CCCC2c2cccs2)cc(C)c1OCC(=O)O. The Bertz CT molecular complexity index is 762. The number of hydrogen-bond acceptors (Lipinski definition) is 4. The summed E-state index contributed by atoms with van der Waals surface area (Å²) in [6.07, 6.45) is 2.00. The number of thiophene rings is 1. The fourth-order valence-corrected chi connectivity index (χ4v) is 4.26. The number of aliphatic carboxylic acids is 1. The minimum Gasteiger partial charge on any atom is -0.481 e. The smallest absolute Gasteiger partial charge is 0.341 e. The Balaban J connectivity index is 1.83. The van der Waals surface area contributed by atoms with Crippen LogP contribution in [-0.4, -0.2) is 35.0 Å². The van der Waals surface area contributed by atoms with Crippen molar-refractivity contribution < 1.29 is 19.4 Å². The topological polar surface area (TPSA) is 66.8 Å². The molecule has 0 saturated carbocycles. The highest BCUT2D eigenvalue weighted by Gasteiger charge is 2.31. The summed E-state index contributed by atoms with van der Waals surface area (Å²) in [5, 5.41) is 10.8. The first-order valence-electron chi connectivity index (χ1n) is 8.27. The van der Waals surface area contributed by atoms with E-state index in [4.69, 9.17) is 9.84 Å². The van der Waals surface area contributed by atoms with E-state index in [1.165, 1.54) is 4.88 Å². The van der Waals surface area contributed by atoms with Crippen LogP contribution in [0.2, 0.25) is 0 Å². The van der Waals surface area contributed by atoms with Crippen molar-refractivity contribution in [3.63, 3.8) is 0 Å². The van der Waals surface area contributed by atoms with E-state index >= 15 is 0 Å². The molecule has 1 unspecified atom stereocenters. The van der Waals surface area contributed by atoms with Crippen LogP contribution < -0.4 is 4.74 Å². The van der Waals surface area contributed by atoms with Crippen LogP contribution in [0, 0.1) is 13.8 Å². The molecular formula is C19H21NO4S. The third-order valence-corrected chi connectivity index (χ3v) is 5.41. The molecule has 0 aliphatic carbocycles. The lowest BCUT2D eigenvalue weighted by atomic mass is 10.0. The molecule has 1 N–H and O–H groups in total. The molecule has 0 radical (unpaired) electrons. The third-order valence-electron chi connectivity index (χ3n) is 4.43. The van der Waals surface area contributed by atoms with Gasteiger partial charge < -0.3 is 14.7 Å². The predicted molar refractivity (Wildman–Crippen MR) is 96.4 cm³/mol. The van der Waals surface area contributed by atoms with Crippen LogP contribution in [0.3, 0.4) is 0 Å². The van der Waals surface area contributed by atoms with Crippen LogP contribution in [-0.2, 0) is 4.79 Å². The second-order valence-corrected chi connectivity index (χ2v) is 7.27. The molecule has 0 spiro atoms. The van der Waals surface area contributed by atoms with Gasteiger partial charge in [0.2, 0.25) is 0 Å². The minimum atomic E-state index is -1.02. The van der Waals surface area contributed by atoms with Crippen molar-refractivity contribution in [3.8, 4) is 5.75 Å². The summed E-state index contributed by atoms with van der Waals surface area (Å²) in [5.74, 6) is -0.461. The second-order valence-electron chi connectivity index (χ2n) is 6.29. The minimum absolute atomic E-state index is 0.0203. The van der Waals surface area contributed by atoms with Crippen molar-refractivity contribution in [3.05, 3.63) is 51.2 Å². The first kappa shape index (κ1) is 17.5. The molecule has 1 amide bonds. The van der Waals surface area contributed by atoms with Crippen molar-refractivity contribution in [2.45, 2.75) is 32.7 Å². The maximum Gasteiger partial charge on any atom is 0.341 e. The Morgan fingerprint density at radius 2 is 2.04 bits per heavy atom. The van der Waals surface area contributed by atoms with Gasteiger partial charge in [0.25, 0.3) is 5.91 Å². The Morgan fingerprint density at radius 1 is 1.32 bits per heavy atom. The fourth-order valence-electron chi connectivity index (χ4n) is 3.39. The lowest BCUT2D eigenvalue weighted by Gasteiger charge is -2.24. The summed E-state index contributed by atoms with van der Waals surface area (Å²) >= 11 is 1.69. The molecule has 1 aromatic carbocycles.